The van der Waals surface area contributed by atoms with Crippen molar-refractivity contribution in [3.8, 4) is 16.9 Å². The van der Waals surface area contributed by atoms with E-state index < -0.39 is 0 Å². The fourth-order valence-electron chi connectivity index (χ4n) is 3.45. The summed E-state index contributed by atoms with van der Waals surface area (Å²) in [5, 5.41) is 8.50. The minimum absolute atomic E-state index is 0.983. The van der Waals surface area contributed by atoms with Crippen molar-refractivity contribution in [2.24, 2.45) is 0 Å². The van der Waals surface area contributed by atoms with Crippen LogP contribution in [0.5, 0.6) is 0 Å². The molecule has 1 aliphatic heterocycles. The van der Waals surface area contributed by atoms with Crippen molar-refractivity contribution in [2.45, 2.75) is 27.2 Å². The van der Waals surface area contributed by atoms with Crippen LogP contribution in [-0.4, -0.2) is 16.3 Å². The first-order valence-corrected chi connectivity index (χ1v) is 8.14. The van der Waals surface area contributed by atoms with E-state index in [-0.39, 0.29) is 0 Å². The van der Waals surface area contributed by atoms with Gasteiger partial charge in [-0.25, -0.2) is 4.68 Å². The number of hydrogen-bond acceptors (Lipinski definition) is 2. The van der Waals surface area contributed by atoms with E-state index >= 15 is 0 Å². The summed E-state index contributed by atoms with van der Waals surface area (Å²) >= 11 is 0. The predicted octanol–water partition coefficient (Wildman–Crippen LogP) is 4.43. The zero-order valence-electron chi connectivity index (χ0n) is 13.9. The summed E-state index contributed by atoms with van der Waals surface area (Å²) in [7, 11) is 0. The van der Waals surface area contributed by atoms with E-state index in [1.54, 1.807) is 0 Å². The van der Waals surface area contributed by atoms with Crippen LogP contribution in [0.3, 0.4) is 0 Å². The minimum atomic E-state index is 0.983. The molecule has 1 aromatic heterocycles. The quantitative estimate of drug-likeness (QED) is 0.759. The predicted molar refractivity (Wildman–Crippen MR) is 95.4 cm³/mol. The Kier molecular flexibility index (Phi) is 3.22. The zero-order valence-corrected chi connectivity index (χ0v) is 13.9. The first-order valence-electron chi connectivity index (χ1n) is 8.14. The summed E-state index contributed by atoms with van der Waals surface area (Å²) in [5.41, 5.74) is 8.63. The number of fused-ring (bicyclic) bond motifs is 1. The first-order chi connectivity index (χ1) is 11.1. The van der Waals surface area contributed by atoms with E-state index in [1.165, 1.54) is 27.8 Å². The van der Waals surface area contributed by atoms with Crippen LogP contribution in [0, 0.1) is 20.8 Å². The molecule has 0 spiro atoms. The van der Waals surface area contributed by atoms with Crippen LogP contribution in [0.1, 0.15) is 22.3 Å². The highest BCUT2D eigenvalue weighted by Crippen LogP contribution is 2.36. The van der Waals surface area contributed by atoms with Gasteiger partial charge in [0.05, 0.1) is 11.4 Å². The van der Waals surface area contributed by atoms with Crippen LogP contribution in [0.15, 0.2) is 42.5 Å². The van der Waals surface area contributed by atoms with Crippen molar-refractivity contribution in [3.63, 3.8) is 0 Å². The Labute approximate surface area is 137 Å². The molecule has 2 aromatic carbocycles. The van der Waals surface area contributed by atoms with Crippen LogP contribution < -0.4 is 5.32 Å². The molecule has 3 heteroatoms. The molecule has 0 bridgehead atoms. The number of aryl methyl sites for hydroxylation is 3. The fourth-order valence-corrected chi connectivity index (χ4v) is 3.45. The normalized spacial score (nSPS) is 13.0. The van der Waals surface area contributed by atoms with E-state index in [2.05, 4.69) is 73.2 Å². The van der Waals surface area contributed by atoms with Gasteiger partial charge in [-0.2, -0.15) is 5.10 Å². The van der Waals surface area contributed by atoms with Crippen LogP contribution in [0.25, 0.3) is 16.9 Å². The summed E-state index contributed by atoms with van der Waals surface area (Å²) in [4.78, 5) is 0. The Bertz CT molecular complexity index is 890. The maximum absolute atomic E-state index is 4.98. The highest BCUT2D eigenvalue weighted by Gasteiger charge is 2.25. The van der Waals surface area contributed by atoms with Crippen LogP contribution >= 0.6 is 0 Å². The molecule has 1 aliphatic rings. The average Bonchev–Trinajstić information content (AvgIpc) is 3.11. The van der Waals surface area contributed by atoms with Crippen LogP contribution in [0.2, 0.25) is 0 Å². The van der Waals surface area contributed by atoms with Crippen molar-refractivity contribution in [3.05, 3.63) is 64.7 Å². The van der Waals surface area contributed by atoms with Gasteiger partial charge in [-0.05, 0) is 44.4 Å². The second-order valence-electron chi connectivity index (χ2n) is 6.37. The second kappa shape index (κ2) is 5.27. The Morgan fingerprint density at radius 1 is 1.00 bits per heavy atom. The van der Waals surface area contributed by atoms with Crippen molar-refractivity contribution >= 4 is 5.82 Å². The van der Waals surface area contributed by atoms with Gasteiger partial charge in [0, 0.05) is 17.7 Å². The van der Waals surface area contributed by atoms with Gasteiger partial charge in [0.1, 0.15) is 5.82 Å². The summed E-state index contributed by atoms with van der Waals surface area (Å²) in [6.07, 6.45) is 1.03. The Hall–Kier alpha value is -2.55. The third-order valence-electron chi connectivity index (χ3n) is 4.63. The zero-order chi connectivity index (χ0) is 16.0. The molecule has 3 nitrogen and oxygen atoms in total. The van der Waals surface area contributed by atoms with Gasteiger partial charge in [-0.3, -0.25) is 0 Å². The fraction of sp³-hybridized carbons (Fsp3) is 0.250. The van der Waals surface area contributed by atoms with Gasteiger partial charge >= 0.3 is 0 Å². The third kappa shape index (κ3) is 2.24. The first kappa shape index (κ1) is 14.1. The number of anilines is 1. The molecule has 0 amide bonds. The van der Waals surface area contributed by atoms with E-state index in [9.17, 15) is 0 Å². The number of benzene rings is 2. The van der Waals surface area contributed by atoms with Crippen LogP contribution in [0.4, 0.5) is 5.82 Å². The number of aromatic nitrogens is 2. The van der Waals surface area contributed by atoms with E-state index in [1.807, 2.05) is 0 Å². The molecule has 0 saturated carbocycles. The molecule has 116 valence electrons. The maximum atomic E-state index is 4.98. The lowest BCUT2D eigenvalue weighted by molar-refractivity contribution is 0.874. The number of nitrogens with zero attached hydrogens (tertiary/aromatic N) is 2. The Morgan fingerprint density at radius 3 is 2.61 bits per heavy atom. The maximum Gasteiger partial charge on any atom is 0.133 e. The molecule has 0 radical (unpaired) electrons. The van der Waals surface area contributed by atoms with Gasteiger partial charge in [-0.15, -0.1) is 0 Å². The van der Waals surface area contributed by atoms with Gasteiger partial charge in [0.25, 0.3) is 0 Å². The van der Waals surface area contributed by atoms with Gasteiger partial charge in [0.2, 0.25) is 0 Å². The van der Waals surface area contributed by atoms with E-state index in [0.29, 0.717) is 0 Å². The molecule has 0 unspecified atom stereocenters. The molecular formula is C20H21N3. The van der Waals surface area contributed by atoms with Crippen molar-refractivity contribution in [1.82, 2.24) is 9.78 Å². The molecule has 3 aromatic rings. The third-order valence-corrected chi connectivity index (χ3v) is 4.63. The smallest absolute Gasteiger partial charge is 0.133 e. The Balaban J connectivity index is 1.94. The van der Waals surface area contributed by atoms with Crippen molar-refractivity contribution < 1.29 is 0 Å². The second-order valence-corrected chi connectivity index (χ2v) is 6.37. The lowest BCUT2D eigenvalue weighted by Crippen LogP contribution is -2.06. The largest absolute Gasteiger partial charge is 0.369 e. The van der Waals surface area contributed by atoms with Gasteiger partial charge in [0.15, 0.2) is 0 Å². The summed E-state index contributed by atoms with van der Waals surface area (Å²) in [5.74, 6) is 1.15. The summed E-state index contributed by atoms with van der Waals surface area (Å²) in [6.45, 7) is 7.41. The highest BCUT2D eigenvalue weighted by atomic mass is 15.3. The number of nitrogens with one attached hydrogen (secondary N) is 1. The summed E-state index contributed by atoms with van der Waals surface area (Å²) in [6, 6.07) is 15.0. The van der Waals surface area contributed by atoms with Crippen molar-refractivity contribution in [1.29, 1.82) is 0 Å². The van der Waals surface area contributed by atoms with Gasteiger partial charge in [-0.1, -0.05) is 42.0 Å². The molecule has 0 atom stereocenters. The van der Waals surface area contributed by atoms with Crippen LogP contribution in [-0.2, 0) is 6.42 Å². The van der Waals surface area contributed by atoms with E-state index in [0.717, 1.165) is 30.2 Å². The monoisotopic (exact) mass is 303 g/mol. The highest BCUT2D eigenvalue weighted by molar-refractivity contribution is 5.75. The van der Waals surface area contributed by atoms with Gasteiger partial charge < -0.3 is 5.32 Å². The van der Waals surface area contributed by atoms with Crippen molar-refractivity contribution in [2.75, 3.05) is 11.9 Å². The molecule has 23 heavy (non-hydrogen) atoms. The molecule has 1 N–H and O–H groups in total. The lowest BCUT2D eigenvalue weighted by atomic mass is 10.0. The molecule has 2 heterocycles. The summed E-state index contributed by atoms with van der Waals surface area (Å²) < 4.78 is 2.08. The van der Waals surface area contributed by atoms with E-state index in [4.69, 9.17) is 5.10 Å². The lowest BCUT2D eigenvalue weighted by Gasteiger charge is -2.10. The molecular weight excluding hydrogens is 282 g/mol. The average molecular weight is 303 g/mol. The molecule has 0 aliphatic carbocycles. The minimum Gasteiger partial charge on any atom is -0.369 e. The Morgan fingerprint density at radius 2 is 1.83 bits per heavy atom. The standard InChI is InChI=1S/C20H21N3/c1-13-8-9-18(15(3)12-13)23-20-17(10-11-21-20)19(22-23)16-7-5-4-6-14(16)2/h4-9,12,21H,10-11H2,1-3H3. The number of hydrogen-bond donors (Lipinski definition) is 1. The number of rotatable bonds is 2. The molecule has 4 rings (SSSR count). The SMILES string of the molecule is Cc1ccc(-n2nc(-c3ccccc3C)c3c2NCC3)c(C)c1. The topological polar surface area (TPSA) is 29.9 Å². The molecule has 0 saturated heterocycles. The molecule has 0 fully saturated rings.